The van der Waals surface area contributed by atoms with E-state index in [9.17, 15) is 57.5 Å². The number of halogens is 3. The van der Waals surface area contributed by atoms with Gasteiger partial charge in [0.15, 0.2) is 11.6 Å². The lowest BCUT2D eigenvalue weighted by atomic mass is 9.97. The van der Waals surface area contributed by atoms with Crippen molar-refractivity contribution in [2.45, 2.75) is 221 Å². The van der Waals surface area contributed by atoms with Gasteiger partial charge >= 0.3 is 35.8 Å². The van der Waals surface area contributed by atoms with Crippen molar-refractivity contribution < 1.29 is 135 Å². The number of allylic oxidation sites excluding steroid dienone is 11. The number of aliphatic hydroxyl groups excluding tert-OH is 2. The summed E-state index contributed by atoms with van der Waals surface area (Å²) in [5.41, 5.74) is 15.0. The van der Waals surface area contributed by atoms with Gasteiger partial charge in [0.05, 0.1) is 71.2 Å². The molecule has 0 saturated heterocycles. The van der Waals surface area contributed by atoms with Crippen molar-refractivity contribution in [2.24, 2.45) is 10.3 Å². The molecule has 5 aliphatic rings. The first kappa shape index (κ1) is 120. The number of methoxy groups -OCH3 is 9. The summed E-state index contributed by atoms with van der Waals surface area (Å²) < 4.78 is 52.5. The highest BCUT2D eigenvalue weighted by molar-refractivity contribution is 6.62. The van der Waals surface area contributed by atoms with Crippen LogP contribution < -0.4 is 20.1 Å². The minimum atomic E-state index is -0.562. The highest BCUT2D eigenvalue weighted by Gasteiger charge is 2.25. The Morgan fingerprint density at radius 3 is 1.16 bits per heavy atom. The summed E-state index contributed by atoms with van der Waals surface area (Å²) in [6, 6.07) is 10.9. The molecule has 0 fully saturated rings. The third kappa shape index (κ3) is 54.5. The number of oxime groups is 2. The Kier molecular flexibility index (Phi) is 72.1. The number of carbonyl (C=O) groups excluding carboxylic acids is 12. The SMILES string of the molecule is CC(=O)Cl.CC(=O)OC(C)=O.CC(=O)OC(C)=O.CC1=C(O)CCCC1=O.CCO.COC(OC)OC.COC1=C(C)C(=NO)CCC1.COC1=C(C)C(=NOC(C)=O)CCC1.COC1=C(C)C(=O)CCC1.COC1=C(C)C(N(OC(C)=O)C(C)=O)=CCC1.COc1cccc(N(C(C)=O)C(C)=O)c1C.COc1cccc(N)c1C.Cl.Cl. The highest BCUT2D eigenvalue weighted by atomic mass is 35.5. The maximum atomic E-state index is 11.5. The molecule has 5 aliphatic carbocycles. The Labute approximate surface area is 705 Å². The quantitative estimate of drug-likeness (QED) is 0.0224. The van der Waals surface area contributed by atoms with E-state index in [4.69, 9.17) is 54.4 Å². The minimum absolute atomic E-state index is 0. The van der Waals surface area contributed by atoms with Gasteiger partial charge in [-0.2, -0.15) is 0 Å². The molecule has 0 radical (unpaired) electrons. The average Bonchev–Trinajstić information content (AvgIpc) is 0.817. The normalized spacial score (nSPS) is 14.0. The Bertz CT molecular complexity index is 3670. The van der Waals surface area contributed by atoms with Gasteiger partial charge in [-0.1, -0.05) is 28.5 Å². The molecule has 664 valence electrons. The molecule has 33 nitrogen and oxygen atoms in total. The van der Waals surface area contributed by atoms with Gasteiger partial charge in [0.2, 0.25) is 17.1 Å². The van der Waals surface area contributed by atoms with E-state index < -0.39 is 42.3 Å². The number of rotatable bonds is 12. The Balaban J connectivity index is -0.000000230. The fourth-order valence-corrected chi connectivity index (χ4v) is 9.82. The summed E-state index contributed by atoms with van der Waals surface area (Å²) in [6.07, 6.45) is 13.6. The number of aliphatic hydroxyl groups is 2. The molecular formula is C81H126Cl3N5O28. The van der Waals surface area contributed by atoms with Gasteiger partial charge in [-0.05, 0) is 136 Å². The number of esters is 4. The molecular weight excluding hydrogens is 1600 g/mol. The number of carbonyl (C=O) groups is 12. The number of anilines is 2. The van der Waals surface area contributed by atoms with Crippen LogP contribution in [0.2, 0.25) is 0 Å². The van der Waals surface area contributed by atoms with Crippen LogP contribution in [0.25, 0.3) is 0 Å². The molecule has 3 amide bonds. The summed E-state index contributed by atoms with van der Waals surface area (Å²) in [7, 11) is 14.2. The summed E-state index contributed by atoms with van der Waals surface area (Å²) in [6.45, 7) is 27.1. The lowest BCUT2D eigenvalue weighted by Crippen LogP contribution is -2.33. The van der Waals surface area contributed by atoms with Crippen LogP contribution >= 0.6 is 36.4 Å². The maximum Gasteiger partial charge on any atom is 0.331 e. The van der Waals surface area contributed by atoms with Gasteiger partial charge in [0.25, 0.3) is 12.4 Å². The van der Waals surface area contributed by atoms with Crippen LogP contribution in [-0.2, 0) is 110 Å². The van der Waals surface area contributed by atoms with Gasteiger partial charge in [-0.3, -0.25) is 52.8 Å². The van der Waals surface area contributed by atoms with Crippen LogP contribution in [0.3, 0.4) is 0 Å². The van der Waals surface area contributed by atoms with Gasteiger partial charge in [0.1, 0.15) is 34.5 Å². The van der Waals surface area contributed by atoms with Gasteiger partial charge in [-0.25, -0.2) is 9.59 Å². The molecule has 0 aromatic heterocycles. The van der Waals surface area contributed by atoms with E-state index in [0.717, 1.165) is 160 Å². The van der Waals surface area contributed by atoms with Crippen molar-refractivity contribution in [3.05, 3.63) is 116 Å². The molecule has 7 rings (SSSR count). The average molecular weight is 1720 g/mol. The molecule has 36 heteroatoms. The third-order valence-corrected chi connectivity index (χ3v) is 15.3. The number of ketones is 2. The molecule has 0 spiro atoms. The van der Waals surface area contributed by atoms with Crippen LogP contribution in [0.4, 0.5) is 11.4 Å². The number of amides is 3. The van der Waals surface area contributed by atoms with Crippen LogP contribution in [0.15, 0.2) is 115 Å². The van der Waals surface area contributed by atoms with E-state index in [0.29, 0.717) is 42.0 Å². The van der Waals surface area contributed by atoms with E-state index in [1.54, 1.807) is 74.7 Å². The maximum absolute atomic E-state index is 11.5. The third-order valence-electron chi connectivity index (χ3n) is 15.3. The molecule has 2 aromatic rings. The Morgan fingerprint density at radius 1 is 0.479 bits per heavy atom. The monoisotopic (exact) mass is 1720 g/mol. The minimum Gasteiger partial charge on any atom is -0.512 e. The van der Waals surface area contributed by atoms with Crippen LogP contribution in [-0.4, -0.2) is 179 Å². The second kappa shape index (κ2) is 70.2. The largest absolute Gasteiger partial charge is 0.512 e. The van der Waals surface area contributed by atoms with Gasteiger partial charge in [0, 0.05) is 187 Å². The standard InChI is InChI=1S/C12H17NO4.C12H15NO3.C10H15NO3.C8H13NO2.C8H11NO.C8H12O2.C7H10O2.C4H10O3.2C4H6O3.C2H3ClO.C2H6O.2ClH/c1-8-11(6-5-7-12(8)16-4)13(9(2)14)17-10(3)15;1-8-11(6-5-7-12(8)16-4)13(9(2)14)10(3)15;1-7-9(11-14-8(2)12)5-4-6-10(7)13-3;1-6-7(9-10)4-3-5-8(6)11-2;2*1-6-7(9)4-3-5-8(6)10-2;1-5-6(8)3-2-4-7(5)9;1-5-4(6-2)7-3;2*1-3(5)7-4(2)6;1-2(3)4;1-2-3;;/h6H,5,7H2,1-4H3;5-7H,1-4H3;4-6H2,1-3H3;10H,3-5H2,1-2H3;3-5H,9H2,1-2H3;3-5H2,1-2H3;8H,2-4H2,1H3;4H,1-3H3;2*1-2H3;1H3;3H,2H2,1H3;2*1H. The zero-order chi connectivity index (χ0) is 89.8. The first-order valence-electron chi connectivity index (χ1n) is 36.0. The summed E-state index contributed by atoms with van der Waals surface area (Å²) in [5, 5.41) is 32.8. The topological polar surface area (TPSA) is 443 Å². The van der Waals surface area contributed by atoms with Crippen molar-refractivity contribution in [3.63, 3.8) is 0 Å². The van der Waals surface area contributed by atoms with E-state index in [1.807, 2.05) is 65.8 Å². The smallest absolute Gasteiger partial charge is 0.331 e. The molecule has 117 heavy (non-hydrogen) atoms. The fraction of sp³-hybridized carbons (Fsp3) is 0.531. The molecule has 0 atom stereocenters. The number of ether oxygens (including phenoxy) is 11. The van der Waals surface area contributed by atoms with E-state index in [1.165, 1.54) is 90.6 Å². The van der Waals surface area contributed by atoms with Crippen molar-refractivity contribution >= 4 is 130 Å². The zero-order valence-electron chi connectivity index (χ0n) is 72.8. The number of imide groups is 1. The van der Waals surface area contributed by atoms with Crippen molar-refractivity contribution in [1.82, 2.24) is 5.06 Å². The molecule has 0 bridgehead atoms. The van der Waals surface area contributed by atoms with Crippen molar-refractivity contribution in [2.75, 3.05) is 81.2 Å². The number of Topliss-reactive ketones (excluding diaryl/α,β-unsaturated/α-hetero) is 2. The van der Waals surface area contributed by atoms with E-state index in [2.05, 4.69) is 50.4 Å². The van der Waals surface area contributed by atoms with Gasteiger partial charge in [-0.15, -0.1) is 29.9 Å². The highest BCUT2D eigenvalue weighted by Crippen LogP contribution is 2.31. The summed E-state index contributed by atoms with van der Waals surface area (Å²) in [5.74, 6) is 1.56. The molecule has 2 aromatic carbocycles. The fourth-order valence-electron chi connectivity index (χ4n) is 9.82. The number of nitrogens with zero attached hydrogens (tertiary/aromatic N) is 4. The first-order chi connectivity index (χ1) is 53.9. The molecule has 0 saturated carbocycles. The number of nitrogens with two attached hydrogens (primary N) is 1. The van der Waals surface area contributed by atoms with E-state index >= 15 is 0 Å². The van der Waals surface area contributed by atoms with E-state index in [-0.39, 0.29) is 71.7 Å². The Hall–Kier alpha value is -10.0. The summed E-state index contributed by atoms with van der Waals surface area (Å²) >= 11 is 4.64. The van der Waals surface area contributed by atoms with Crippen LogP contribution in [0.1, 0.15) is 212 Å². The number of benzene rings is 2. The Morgan fingerprint density at radius 2 is 0.846 bits per heavy atom. The first-order valence-corrected chi connectivity index (χ1v) is 36.4. The van der Waals surface area contributed by atoms with Crippen molar-refractivity contribution in [3.8, 4) is 11.5 Å². The predicted octanol–water partition coefficient (Wildman–Crippen LogP) is 14.6. The molecule has 5 N–H and O–H groups in total. The zero-order valence-corrected chi connectivity index (χ0v) is 75.2. The predicted molar refractivity (Wildman–Crippen MR) is 447 cm³/mol. The molecule has 0 heterocycles. The van der Waals surface area contributed by atoms with Crippen LogP contribution in [0, 0.1) is 13.8 Å². The van der Waals surface area contributed by atoms with Gasteiger partial charge < -0.3 is 82.9 Å². The molecule has 0 aliphatic heterocycles. The lowest BCUT2D eigenvalue weighted by Gasteiger charge is -2.26. The van der Waals surface area contributed by atoms with Crippen LogP contribution in [0.5, 0.6) is 11.5 Å². The van der Waals surface area contributed by atoms with Crippen molar-refractivity contribution in [1.29, 1.82) is 0 Å². The second-order valence-electron chi connectivity index (χ2n) is 24.1. The lowest BCUT2D eigenvalue weighted by molar-refractivity contribution is -0.252. The number of hydrogen-bond donors (Lipinski definition) is 4. The molecule has 0 unspecified atom stereocenters. The second-order valence-corrected chi connectivity index (χ2v) is 24.7. The summed E-state index contributed by atoms with van der Waals surface area (Å²) in [4.78, 5) is 137. The number of hydrogen-bond acceptors (Lipinski definition) is 31. The number of nitrogen functional groups attached to an aromatic ring is 1. The number of hydroxylamine groups is 2.